The molecular weight excluding hydrogens is 336 g/mol. The van der Waals surface area contributed by atoms with E-state index in [9.17, 15) is 9.59 Å². The standard InChI is InChI=1S/C19H22N2O3S/c1-13-5-7-14(8-6-13)19(2)9-10-21(18(19)23)16(17(22)20-24)12-15-4-3-11-25-15/h3-8,11,16,24H,9-10,12H2,1-2H3,(H,20,22)/t16-,19?/m1/s1. The van der Waals surface area contributed by atoms with Gasteiger partial charge in [0.15, 0.2) is 0 Å². The molecule has 1 aliphatic rings. The van der Waals surface area contributed by atoms with E-state index in [-0.39, 0.29) is 5.91 Å². The molecule has 3 rings (SSSR count). The summed E-state index contributed by atoms with van der Waals surface area (Å²) in [5.41, 5.74) is 3.19. The molecule has 0 radical (unpaired) electrons. The van der Waals surface area contributed by atoms with Gasteiger partial charge in [-0.25, -0.2) is 5.48 Å². The number of hydrogen-bond donors (Lipinski definition) is 2. The van der Waals surface area contributed by atoms with Gasteiger partial charge in [0.1, 0.15) is 6.04 Å². The van der Waals surface area contributed by atoms with Crippen LogP contribution in [0.4, 0.5) is 0 Å². The predicted octanol–water partition coefficient (Wildman–Crippen LogP) is 2.66. The van der Waals surface area contributed by atoms with Gasteiger partial charge in [0, 0.05) is 17.8 Å². The van der Waals surface area contributed by atoms with E-state index in [0.29, 0.717) is 19.4 Å². The lowest BCUT2D eigenvalue weighted by atomic mass is 9.81. The molecule has 2 atom stereocenters. The van der Waals surface area contributed by atoms with E-state index in [0.717, 1.165) is 16.0 Å². The van der Waals surface area contributed by atoms with Gasteiger partial charge < -0.3 is 4.90 Å². The van der Waals surface area contributed by atoms with Crippen molar-refractivity contribution in [1.29, 1.82) is 0 Å². The highest BCUT2D eigenvalue weighted by atomic mass is 32.1. The first-order valence-electron chi connectivity index (χ1n) is 8.30. The predicted molar refractivity (Wildman–Crippen MR) is 96.6 cm³/mol. The molecule has 1 unspecified atom stereocenters. The second kappa shape index (κ2) is 6.98. The van der Waals surface area contributed by atoms with E-state index in [1.165, 1.54) is 11.3 Å². The summed E-state index contributed by atoms with van der Waals surface area (Å²) in [6.45, 7) is 4.43. The molecule has 1 aliphatic heterocycles. The van der Waals surface area contributed by atoms with Crippen molar-refractivity contribution in [2.45, 2.75) is 38.1 Å². The number of likely N-dealkylation sites (tertiary alicyclic amines) is 1. The Labute approximate surface area is 151 Å². The zero-order valence-electron chi connectivity index (χ0n) is 14.4. The molecule has 1 fully saturated rings. The van der Waals surface area contributed by atoms with Crippen LogP contribution >= 0.6 is 11.3 Å². The van der Waals surface area contributed by atoms with Crippen molar-refractivity contribution >= 4 is 23.2 Å². The molecule has 0 bridgehead atoms. The first-order valence-corrected chi connectivity index (χ1v) is 9.18. The molecule has 2 amide bonds. The van der Waals surface area contributed by atoms with Gasteiger partial charge in [-0.15, -0.1) is 11.3 Å². The number of nitrogens with one attached hydrogen (secondary N) is 1. The van der Waals surface area contributed by atoms with Crippen molar-refractivity contribution in [3.05, 3.63) is 57.8 Å². The third-order valence-corrected chi connectivity index (χ3v) is 5.94. The van der Waals surface area contributed by atoms with Crippen LogP contribution in [-0.4, -0.2) is 34.5 Å². The van der Waals surface area contributed by atoms with Crippen molar-refractivity contribution in [1.82, 2.24) is 10.4 Å². The summed E-state index contributed by atoms with van der Waals surface area (Å²) in [7, 11) is 0. The minimum absolute atomic E-state index is 0.0680. The van der Waals surface area contributed by atoms with Gasteiger partial charge >= 0.3 is 0 Å². The molecular formula is C19H22N2O3S. The van der Waals surface area contributed by atoms with Crippen LogP contribution in [0.3, 0.4) is 0 Å². The fraction of sp³-hybridized carbons (Fsp3) is 0.368. The Balaban J connectivity index is 1.87. The molecule has 1 aromatic carbocycles. The van der Waals surface area contributed by atoms with Crippen LogP contribution in [0.15, 0.2) is 41.8 Å². The number of benzene rings is 1. The molecule has 2 heterocycles. The van der Waals surface area contributed by atoms with E-state index in [1.807, 2.05) is 55.6 Å². The summed E-state index contributed by atoms with van der Waals surface area (Å²) < 4.78 is 0. The van der Waals surface area contributed by atoms with Crippen LogP contribution in [0.1, 0.15) is 29.3 Å². The number of amides is 2. The lowest BCUT2D eigenvalue weighted by Gasteiger charge is -2.29. The Morgan fingerprint density at radius 1 is 1.36 bits per heavy atom. The number of carbonyl (C=O) groups excluding carboxylic acids is 2. The number of carbonyl (C=O) groups is 2. The molecule has 1 aromatic heterocycles. The molecule has 5 nitrogen and oxygen atoms in total. The maximum absolute atomic E-state index is 13.2. The van der Waals surface area contributed by atoms with Gasteiger partial charge in [-0.2, -0.15) is 0 Å². The quantitative estimate of drug-likeness (QED) is 0.638. The molecule has 6 heteroatoms. The monoisotopic (exact) mass is 358 g/mol. The number of aryl methyl sites for hydroxylation is 1. The third kappa shape index (κ3) is 3.32. The first-order chi connectivity index (χ1) is 12.0. The van der Waals surface area contributed by atoms with Crippen LogP contribution in [-0.2, 0) is 21.4 Å². The Morgan fingerprint density at radius 2 is 2.08 bits per heavy atom. The average Bonchev–Trinajstić information content (AvgIpc) is 3.22. The minimum atomic E-state index is -0.705. The molecule has 132 valence electrons. The molecule has 0 aliphatic carbocycles. The second-order valence-electron chi connectivity index (χ2n) is 6.72. The largest absolute Gasteiger partial charge is 0.329 e. The van der Waals surface area contributed by atoms with Crippen molar-refractivity contribution in [2.24, 2.45) is 0 Å². The summed E-state index contributed by atoms with van der Waals surface area (Å²) >= 11 is 1.54. The fourth-order valence-electron chi connectivity index (χ4n) is 3.39. The minimum Gasteiger partial charge on any atom is -0.329 e. The van der Waals surface area contributed by atoms with Crippen LogP contribution in [0.2, 0.25) is 0 Å². The van der Waals surface area contributed by atoms with Crippen molar-refractivity contribution in [3.8, 4) is 0 Å². The maximum Gasteiger partial charge on any atom is 0.266 e. The van der Waals surface area contributed by atoms with Gasteiger partial charge in [0.25, 0.3) is 5.91 Å². The highest BCUT2D eigenvalue weighted by molar-refractivity contribution is 7.09. The van der Waals surface area contributed by atoms with Crippen molar-refractivity contribution < 1.29 is 14.8 Å². The number of rotatable bonds is 5. The van der Waals surface area contributed by atoms with Crippen molar-refractivity contribution in [2.75, 3.05) is 6.54 Å². The van der Waals surface area contributed by atoms with Crippen LogP contribution < -0.4 is 5.48 Å². The molecule has 2 N–H and O–H groups in total. The third-order valence-electron chi connectivity index (χ3n) is 5.04. The van der Waals surface area contributed by atoms with Crippen molar-refractivity contribution in [3.63, 3.8) is 0 Å². The van der Waals surface area contributed by atoms with Gasteiger partial charge in [0.05, 0.1) is 5.41 Å². The first kappa shape index (κ1) is 17.6. The lowest BCUT2D eigenvalue weighted by molar-refractivity contribution is -0.143. The molecule has 25 heavy (non-hydrogen) atoms. The topological polar surface area (TPSA) is 69.6 Å². The Hall–Kier alpha value is -2.18. The highest BCUT2D eigenvalue weighted by Crippen LogP contribution is 2.37. The van der Waals surface area contributed by atoms with Gasteiger partial charge in [-0.3, -0.25) is 14.8 Å². The van der Waals surface area contributed by atoms with E-state index in [1.54, 1.807) is 10.4 Å². The Morgan fingerprint density at radius 3 is 2.68 bits per heavy atom. The Bertz CT molecular complexity index is 757. The lowest BCUT2D eigenvalue weighted by Crippen LogP contribution is -2.50. The van der Waals surface area contributed by atoms with Gasteiger partial charge in [-0.05, 0) is 37.3 Å². The van der Waals surface area contributed by atoms with Crippen LogP contribution in [0, 0.1) is 6.92 Å². The van der Waals surface area contributed by atoms with E-state index >= 15 is 0 Å². The molecule has 0 saturated carbocycles. The zero-order chi connectivity index (χ0) is 18.0. The SMILES string of the molecule is Cc1ccc(C2(C)CCN([C@H](Cc3cccs3)C(=O)NO)C2=O)cc1. The van der Waals surface area contributed by atoms with Crippen LogP contribution in [0.5, 0.6) is 0 Å². The molecule has 2 aromatic rings. The van der Waals surface area contributed by atoms with Gasteiger partial charge in [0.2, 0.25) is 5.91 Å². The van der Waals surface area contributed by atoms with E-state index < -0.39 is 17.4 Å². The summed E-state index contributed by atoms with van der Waals surface area (Å²) in [6, 6.07) is 11.1. The summed E-state index contributed by atoms with van der Waals surface area (Å²) in [5.74, 6) is -0.614. The number of thiophene rings is 1. The normalized spacial score (nSPS) is 21.4. The zero-order valence-corrected chi connectivity index (χ0v) is 15.2. The van der Waals surface area contributed by atoms with Gasteiger partial charge in [-0.1, -0.05) is 35.9 Å². The molecule has 1 saturated heterocycles. The Kier molecular flexibility index (Phi) is 4.92. The molecule has 0 spiro atoms. The number of hydroxylamine groups is 1. The maximum atomic E-state index is 13.2. The summed E-state index contributed by atoms with van der Waals surface area (Å²) in [5, 5.41) is 11.1. The summed E-state index contributed by atoms with van der Waals surface area (Å²) in [6.07, 6.45) is 1.05. The number of nitrogens with zero attached hydrogens (tertiary/aromatic N) is 1. The van der Waals surface area contributed by atoms with Crippen LogP contribution in [0.25, 0.3) is 0 Å². The number of hydrogen-bond acceptors (Lipinski definition) is 4. The smallest absolute Gasteiger partial charge is 0.266 e. The summed E-state index contributed by atoms with van der Waals surface area (Å²) in [4.78, 5) is 28.0. The van der Waals surface area contributed by atoms with E-state index in [2.05, 4.69) is 0 Å². The second-order valence-corrected chi connectivity index (χ2v) is 7.75. The van der Waals surface area contributed by atoms with E-state index in [4.69, 9.17) is 5.21 Å². The highest BCUT2D eigenvalue weighted by Gasteiger charge is 2.47. The fourth-order valence-corrected chi connectivity index (χ4v) is 4.14. The average molecular weight is 358 g/mol.